The molecule has 0 unspecified atom stereocenters. The highest BCUT2D eigenvalue weighted by atomic mass is 35.5. The highest BCUT2D eigenvalue weighted by Crippen LogP contribution is 2.16. The van der Waals surface area contributed by atoms with E-state index in [2.05, 4.69) is 23.6 Å². The molecule has 6 heteroatoms. The van der Waals surface area contributed by atoms with E-state index < -0.39 is 0 Å². The minimum absolute atomic E-state index is 0.0761. The Balaban J connectivity index is 1.68. The van der Waals surface area contributed by atoms with Gasteiger partial charge in [-0.1, -0.05) is 18.5 Å². The number of halogens is 1. The monoisotopic (exact) mass is 350 g/mol. The Labute approximate surface area is 144 Å². The van der Waals surface area contributed by atoms with Crippen molar-refractivity contribution in [2.24, 2.45) is 0 Å². The van der Waals surface area contributed by atoms with Crippen molar-refractivity contribution in [3.05, 3.63) is 56.7 Å². The Kier molecular flexibility index (Phi) is 6.62. The molecule has 1 aromatic carbocycles. The highest BCUT2D eigenvalue weighted by molar-refractivity contribution is 7.11. The predicted octanol–water partition coefficient (Wildman–Crippen LogP) is 3.40. The van der Waals surface area contributed by atoms with Crippen LogP contribution in [0.5, 0.6) is 0 Å². The van der Waals surface area contributed by atoms with Gasteiger partial charge < -0.3 is 10.6 Å². The minimum atomic E-state index is -0.208. The average molecular weight is 351 g/mol. The van der Waals surface area contributed by atoms with Crippen LogP contribution in [0.1, 0.15) is 33.5 Å². The number of aryl methyl sites for hydroxylation is 1. The van der Waals surface area contributed by atoms with Crippen LogP contribution < -0.4 is 10.6 Å². The minimum Gasteiger partial charge on any atom is -0.352 e. The summed E-state index contributed by atoms with van der Waals surface area (Å²) in [4.78, 5) is 26.1. The van der Waals surface area contributed by atoms with E-state index in [4.69, 9.17) is 11.6 Å². The second kappa shape index (κ2) is 8.70. The quantitative estimate of drug-likeness (QED) is 0.804. The van der Waals surface area contributed by atoms with E-state index in [-0.39, 0.29) is 18.2 Å². The molecule has 0 aliphatic rings. The normalized spacial score (nSPS) is 10.3. The van der Waals surface area contributed by atoms with Gasteiger partial charge in [0, 0.05) is 33.3 Å². The molecule has 1 aromatic heterocycles. The zero-order valence-corrected chi connectivity index (χ0v) is 14.5. The summed E-state index contributed by atoms with van der Waals surface area (Å²) >= 11 is 7.48. The standard InChI is InChI=1S/C17H19ClN2O2S/c1-2-14-7-8-15(23-14)11-20-16(21)9-10-19-17(22)12-3-5-13(18)6-4-12/h3-8H,2,9-11H2,1H3,(H,19,22)(H,20,21). The molecule has 0 saturated heterocycles. The van der Waals surface area contributed by atoms with Gasteiger partial charge in [0.2, 0.25) is 5.91 Å². The number of nitrogens with one attached hydrogen (secondary N) is 2. The third kappa shape index (κ3) is 5.69. The van der Waals surface area contributed by atoms with Gasteiger partial charge in [0.15, 0.2) is 0 Å². The first-order chi connectivity index (χ1) is 11.1. The summed E-state index contributed by atoms with van der Waals surface area (Å²) in [6.07, 6.45) is 1.26. The van der Waals surface area contributed by atoms with Crippen LogP contribution in [0.3, 0.4) is 0 Å². The van der Waals surface area contributed by atoms with E-state index in [1.807, 2.05) is 6.07 Å². The van der Waals surface area contributed by atoms with Gasteiger partial charge in [-0.15, -0.1) is 11.3 Å². The van der Waals surface area contributed by atoms with Crippen molar-refractivity contribution >= 4 is 34.8 Å². The molecule has 4 nitrogen and oxygen atoms in total. The average Bonchev–Trinajstić information content (AvgIpc) is 3.01. The van der Waals surface area contributed by atoms with Crippen molar-refractivity contribution in [2.75, 3.05) is 6.54 Å². The largest absolute Gasteiger partial charge is 0.352 e. The molecule has 2 rings (SSSR count). The molecule has 2 aromatic rings. The van der Waals surface area contributed by atoms with Crippen molar-refractivity contribution in [3.8, 4) is 0 Å². The van der Waals surface area contributed by atoms with Gasteiger partial charge in [-0.05, 0) is 42.8 Å². The maximum Gasteiger partial charge on any atom is 0.251 e. The van der Waals surface area contributed by atoms with E-state index in [9.17, 15) is 9.59 Å². The summed E-state index contributed by atoms with van der Waals surface area (Å²) in [5.74, 6) is -0.284. The summed E-state index contributed by atoms with van der Waals surface area (Å²) in [6, 6.07) is 10.7. The first-order valence-corrected chi connectivity index (χ1v) is 8.66. The molecule has 0 spiro atoms. The molecule has 2 N–H and O–H groups in total. The van der Waals surface area contributed by atoms with Gasteiger partial charge in [-0.25, -0.2) is 0 Å². The van der Waals surface area contributed by atoms with Crippen molar-refractivity contribution in [1.29, 1.82) is 0 Å². The topological polar surface area (TPSA) is 58.2 Å². The van der Waals surface area contributed by atoms with Crippen LogP contribution in [0.25, 0.3) is 0 Å². The molecule has 0 fully saturated rings. The van der Waals surface area contributed by atoms with E-state index in [1.165, 1.54) is 4.88 Å². The lowest BCUT2D eigenvalue weighted by molar-refractivity contribution is -0.121. The number of thiophene rings is 1. The Morgan fingerprint density at radius 2 is 1.74 bits per heavy atom. The Hall–Kier alpha value is -1.85. The molecule has 122 valence electrons. The van der Waals surface area contributed by atoms with Gasteiger partial charge in [0.05, 0.1) is 6.54 Å². The summed E-state index contributed by atoms with van der Waals surface area (Å²) in [5.41, 5.74) is 0.528. The lowest BCUT2D eigenvalue weighted by atomic mass is 10.2. The Morgan fingerprint density at radius 1 is 1.04 bits per heavy atom. The maximum atomic E-state index is 11.9. The zero-order chi connectivity index (χ0) is 16.7. The van der Waals surface area contributed by atoms with Crippen LogP contribution in [0.4, 0.5) is 0 Å². The molecule has 2 amide bonds. The van der Waals surface area contributed by atoms with E-state index in [0.717, 1.165) is 11.3 Å². The van der Waals surface area contributed by atoms with Crippen LogP contribution in [0.2, 0.25) is 5.02 Å². The molecule has 0 radical (unpaired) electrons. The van der Waals surface area contributed by atoms with Gasteiger partial charge >= 0.3 is 0 Å². The van der Waals surface area contributed by atoms with Crippen molar-refractivity contribution in [1.82, 2.24) is 10.6 Å². The highest BCUT2D eigenvalue weighted by Gasteiger charge is 2.07. The molecule has 23 heavy (non-hydrogen) atoms. The van der Waals surface area contributed by atoms with Gasteiger partial charge in [-0.2, -0.15) is 0 Å². The fourth-order valence-electron chi connectivity index (χ4n) is 1.97. The van der Waals surface area contributed by atoms with Gasteiger partial charge in [-0.3, -0.25) is 9.59 Å². The van der Waals surface area contributed by atoms with E-state index >= 15 is 0 Å². The lowest BCUT2D eigenvalue weighted by Crippen LogP contribution is -2.30. The number of hydrogen-bond acceptors (Lipinski definition) is 3. The van der Waals surface area contributed by atoms with Crippen LogP contribution in [0.15, 0.2) is 36.4 Å². The third-order valence-electron chi connectivity index (χ3n) is 3.27. The molecule has 0 bridgehead atoms. The van der Waals surface area contributed by atoms with Crippen LogP contribution in [-0.2, 0) is 17.8 Å². The summed E-state index contributed by atoms with van der Waals surface area (Å²) in [5, 5.41) is 6.16. The summed E-state index contributed by atoms with van der Waals surface area (Å²) < 4.78 is 0. The SMILES string of the molecule is CCc1ccc(CNC(=O)CCNC(=O)c2ccc(Cl)cc2)s1. The molecule has 1 heterocycles. The molecular formula is C17H19ClN2O2S. The van der Waals surface area contributed by atoms with E-state index in [0.29, 0.717) is 23.7 Å². The van der Waals surface area contributed by atoms with Crippen LogP contribution >= 0.6 is 22.9 Å². The van der Waals surface area contributed by atoms with Gasteiger partial charge in [0.1, 0.15) is 0 Å². The molecule has 0 aliphatic carbocycles. The van der Waals surface area contributed by atoms with Crippen molar-refractivity contribution in [3.63, 3.8) is 0 Å². The number of hydrogen-bond donors (Lipinski definition) is 2. The smallest absolute Gasteiger partial charge is 0.251 e. The van der Waals surface area contributed by atoms with Crippen molar-refractivity contribution < 1.29 is 9.59 Å². The number of rotatable bonds is 7. The maximum absolute atomic E-state index is 11.9. The molecule has 0 saturated carbocycles. The fraction of sp³-hybridized carbons (Fsp3) is 0.294. The molecule has 0 atom stereocenters. The van der Waals surface area contributed by atoms with Crippen LogP contribution in [-0.4, -0.2) is 18.4 Å². The van der Waals surface area contributed by atoms with Gasteiger partial charge in [0.25, 0.3) is 5.91 Å². The van der Waals surface area contributed by atoms with Crippen LogP contribution in [0, 0.1) is 0 Å². The summed E-state index contributed by atoms with van der Waals surface area (Å²) in [6.45, 7) is 2.95. The number of carbonyl (C=O) groups is 2. The second-order valence-electron chi connectivity index (χ2n) is 5.01. The second-order valence-corrected chi connectivity index (χ2v) is 6.70. The van der Waals surface area contributed by atoms with E-state index in [1.54, 1.807) is 35.6 Å². The Morgan fingerprint density at radius 3 is 2.39 bits per heavy atom. The third-order valence-corrected chi connectivity index (χ3v) is 4.75. The zero-order valence-electron chi connectivity index (χ0n) is 12.9. The number of amides is 2. The van der Waals surface area contributed by atoms with Crippen molar-refractivity contribution in [2.45, 2.75) is 26.3 Å². The number of carbonyl (C=O) groups excluding carboxylic acids is 2. The molecule has 0 aliphatic heterocycles. The summed E-state index contributed by atoms with van der Waals surface area (Å²) in [7, 11) is 0. The predicted molar refractivity (Wildman–Crippen MR) is 93.9 cm³/mol. The first kappa shape index (κ1) is 17.5. The molecular weight excluding hydrogens is 332 g/mol. The fourth-order valence-corrected chi connectivity index (χ4v) is 3.00. The lowest BCUT2D eigenvalue weighted by Gasteiger charge is -2.06. The Bertz CT molecular complexity index is 667. The number of benzene rings is 1. The first-order valence-electron chi connectivity index (χ1n) is 7.46.